The van der Waals surface area contributed by atoms with Gasteiger partial charge in [-0.25, -0.2) is 4.79 Å². The molecule has 0 aromatic carbocycles. The third kappa shape index (κ3) is 1.22. The fraction of sp³-hybridized carbons (Fsp3) is 0. The summed E-state index contributed by atoms with van der Waals surface area (Å²) in [6.45, 7) is 0. The first kappa shape index (κ1) is 8.12. The molecule has 0 saturated heterocycles. The van der Waals surface area contributed by atoms with Crippen LogP contribution in [0.1, 0.15) is 10.4 Å². The number of aromatic hydroxyl groups is 2. The van der Waals surface area contributed by atoms with Crippen LogP contribution in [0, 0.1) is 0 Å². The Balaban J connectivity index is 3.33. The van der Waals surface area contributed by atoms with Crippen LogP contribution < -0.4 is 5.73 Å². The minimum atomic E-state index is -1.35. The van der Waals surface area contributed by atoms with Gasteiger partial charge in [-0.15, -0.1) is 0 Å². The number of pyridine rings is 1. The van der Waals surface area contributed by atoms with Gasteiger partial charge in [-0.1, -0.05) is 0 Å². The second kappa shape index (κ2) is 2.57. The van der Waals surface area contributed by atoms with E-state index in [4.69, 9.17) is 21.1 Å². The van der Waals surface area contributed by atoms with E-state index in [1.165, 1.54) is 0 Å². The van der Waals surface area contributed by atoms with Crippen LogP contribution in [0.3, 0.4) is 0 Å². The number of nitrogen functional groups attached to an aromatic ring is 1. The zero-order valence-corrected chi connectivity index (χ0v) is 5.85. The molecule has 1 heterocycles. The molecular weight excluding hydrogens is 164 g/mol. The lowest BCUT2D eigenvalue weighted by molar-refractivity contribution is 0.0693. The lowest BCUT2D eigenvalue weighted by atomic mass is 10.2. The Morgan fingerprint density at radius 2 is 2.00 bits per heavy atom. The average molecular weight is 170 g/mol. The van der Waals surface area contributed by atoms with Gasteiger partial charge in [-0.05, 0) is 6.07 Å². The highest BCUT2D eigenvalue weighted by Gasteiger charge is 2.13. The Morgan fingerprint density at radius 3 is 2.50 bits per heavy atom. The van der Waals surface area contributed by atoms with E-state index in [0.717, 1.165) is 6.07 Å². The van der Waals surface area contributed by atoms with Crippen LogP contribution in [0.15, 0.2) is 6.07 Å². The Kier molecular flexibility index (Phi) is 1.74. The van der Waals surface area contributed by atoms with Crippen molar-refractivity contribution in [2.24, 2.45) is 0 Å². The van der Waals surface area contributed by atoms with Gasteiger partial charge in [0.05, 0.1) is 5.69 Å². The molecule has 1 aromatic rings. The van der Waals surface area contributed by atoms with E-state index in [1.54, 1.807) is 0 Å². The normalized spacial score (nSPS) is 9.67. The summed E-state index contributed by atoms with van der Waals surface area (Å²) in [6, 6.07) is 0.931. The minimum absolute atomic E-state index is 0.190. The molecule has 1 aromatic heterocycles. The van der Waals surface area contributed by atoms with Crippen LogP contribution in [0.5, 0.6) is 11.8 Å². The maximum Gasteiger partial charge on any atom is 0.341 e. The lowest BCUT2D eigenvalue weighted by Gasteiger charge is -2.01. The van der Waals surface area contributed by atoms with Crippen LogP contribution in [0.2, 0.25) is 0 Å². The zero-order valence-electron chi connectivity index (χ0n) is 5.85. The number of hydrogen-bond donors (Lipinski definition) is 4. The molecule has 0 unspecified atom stereocenters. The number of carboxylic acid groups (broad SMARTS) is 1. The fourth-order valence-corrected chi connectivity index (χ4v) is 0.667. The third-order valence-corrected chi connectivity index (χ3v) is 1.24. The highest BCUT2D eigenvalue weighted by Crippen LogP contribution is 2.24. The predicted octanol–water partition coefficient (Wildman–Crippen LogP) is -0.227. The van der Waals surface area contributed by atoms with E-state index in [-0.39, 0.29) is 5.69 Å². The molecule has 0 aliphatic carbocycles. The number of hydrogen-bond acceptors (Lipinski definition) is 5. The van der Waals surface area contributed by atoms with Crippen molar-refractivity contribution in [1.82, 2.24) is 4.98 Å². The largest absolute Gasteiger partial charge is 0.493 e. The summed E-state index contributed by atoms with van der Waals surface area (Å²) in [5, 5.41) is 26.1. The van der Waals surface area contributed by atoms with Crippen molar-refractivity contribution in [3.63, 3.8) is 0 Å². The molecule has 0 radical (unpaired) electrons. The number of nitrogens with two attached hydrogens (primary N) is 1. The van der Waals surface area contributed by atoms with E-state index >= 15 is 0 Å². The van der Waals surface area contributed by atoms with Crippen molar-refractivity contribution < 1.29 is 20.1 Å². The molecule has 0 aliphatic heterocycles. The molecule has 5 N–H and O–H groups in total. The zero-order chi connectivity index (χ0) is 9.30. The topological polar surface area (TPSA) is 117 Å². The first-order valence-corrected chi connectivity index (χ1v) is 2.94. The summed E-state index contributed by atoms with van der Waals surface area (Å²) in [5.74, 6) is -2.70. The van der Waals surface area contributed by atoms with Gasteiger partial charge in [-0.2, -0.15) is 4.98 Å². The van der Waals surface area contributed by atoms with Crippen LogP contribution in [-0.2, 0) is 0 Å². The van der Waals surface area contributed by atoms with Crippen molar-refractivity contribution >= 4 is 11.7 Å². The van der Waals surface area contributed by atoms with Crippen molar-refractivity contribution in [1.29, 1.82) is 0 Å². The molecule has 6 heteroatoms. The second-order valence-corrected chi connectivity index (χ2v) is 2.08. The highest BCUT2D eigenvalue weighted by molar-refractivity contribution is 5.91. The molecule has 0 fully saturated rings. The van der Waals surface area contributed by atoms with Crippen LogP contribution in [0.4, 0.5) is 5.69 Å². The molecule has 0 atom stereocenters. The number of anilines is 1. The number of aromatic nitrogens is 1. The summed E-state index contributed by atoms with van der Waals surface area (Å²) in [5.41, 5.74) is 4.51. The lowest BCUT2D eigenvalue weighted by Crippen LogP contribution is -2.00. The molecule has 0 saturated carbocycles. The van der Waals surface area contributed by atoms with Crippen LogP contribution in [0.25, 0.3) is 0 Å². The smallest absolute Gasteiger partial charge is 0.341 e. The summed E-state index contributed by atoms with van der Waals surface area (Å²) in [7, 11) is 0. The summed E-state index contributed by atoms with van der Waals surface area (Å²) >= 11 is 0. The number of carbonyl (C=O) groups is 1. The monoisotopic (exact) mass is 170 g/mol. The highest BCUT2D eigenvalue weighted by atomic mass is 16.4. The third-order valence-electron chi connectivity index (χ3n) is 1.24. The second-order valence-electron chi connectivity index (χ2n) is 2.08. The molecule has 0 aliphatic rings. The van der Waals surface area contributed by atoms with E-state index < -0.39 is 23.3 Å². The first-order valence-electron chi connectivity index (χ1n) is 2.94. The molecular formula is C6H6N2O4. The van der Waals surface area contributed by atoms with Crippen molar-refractivity contribution in [2.45, 2.75) is 0 Å². The van der Waals surface area contributed by atoms with Crippen molar-refractivity contribution in [3.8, 4) is 11.8 Å². The predicted molar refractivity (Wildman–Crippen MR) is 38.9 cm³/mol. The van der Waals surface area contributed by atoms with Gasteiger partial charge in [0.1, 0.15) is 5.56 Å². The Bertz CT molecular complexity index is 337. The molecule has 0 spiro atoms. The quantitative estimate of drug-likeness (QED) is 0.462. The molecule has 0 bridgehead atoms. The average Bonchev–Trinajstić information content (AvgIpc) is 1.96. The Labute approximate surface area is 66.9 Å². The summed E-state index contributed by atoms with van der Waals surface area (Å²) in [4.78, 5) is 13.4. The van der Waals surface area contributed by atoms with Gasteiger partial charge in [0.25, 0.3) is 0 Å². The Morgan fingerprint density at radius 1 is 1.42 bits per heavy atom. The number of aromatic carboxylic acids is 1. The Hall–Kier alpha value is -1.98. The van der Waals surface area contributed by atoms with Gasteiger partial charge in [-0.3, -0.25) is 0 Å². The van der Waals surface area contributed by atoms with Gasteiger partial charge in [0.15, 0.2) is 0 Å². The molecule has 6 nitrogen and oxygen atoms in total. The molecule has 1 rings (SSSR count). The van der Waals surface area contributed by atoms with E-state index in [1.807, 2.05) is 0 Å². The van der Waals surface area contributed by atoms with Gasteiger partial charge in [0, 0.05) is 0 Å². The van der Waals surface area contributed by atoms with Crippen LogP contribution >= 0.6 is 0 Å². The standard InChI is InChI=1S/C6H6N2O4/c7-3-1-2(6(11)12)4(9)8-5(3)10/h1H,7H2,(H,11,12)(H2,8,9,10). The maximum atomic E-state index is 10.3. The maximum absolute atomic E-state index is 10.3. The minimum Gasteiger partial charge on any atom is -0.493 e. The molecule has 64 valence electrons. The van der Waals surface area contributed by atoms with Crippen LogP contribution in [-0.4, -0.2) is 26.3 Å². The van der Waals surface area contributed by atoms with Gasteiger partial charge < -0.3 is 21.1 Å². The van der Waals surface area contributed by atoms with Gasteiger partial charge >= 0.3 is 5.97 Å². The van der Waals surface area contributed by atoms with Gasteiger partial charge in [0.2, 0.25) is 11.8 Å². The molecule has 12 heavy (non-hydrogen) atoms. The molecule has 0 amide bonds. The number of nitrogens with zero attached hydrogens (tertiary/aromatic N) is 1. The first-order chi connectivity index (χ1) is 5.52. The van der Waals surface area contributed by atoms with Crippen molar-refractivity contribution in [3.05, 3.63) is 11.6 Å². The van der Waals surface area contributed by atoms with Crippen molar-refractivity contribution in [2.75, 3.05) is 5.73 Å². The summed E-state index contributed by atoms with van der Waals surface area (Å²) in [6.07, 6.45) is 0. The fourth-order valence-electron chi connectivity index (χ4n) is 0.667. The van der Waals surface area contributed by atoms with E-state index in [2.05, 4.69) is 4.98 Å². The van der Waals surface area contributed by atoms with E-state index in [0.29, 0.717) is 0 Å². The van der Waals surface area contributed by atoms with E-state index in [9.17, 15) is 4.79 Å². The summed E-state index contributed by atoms with van der Waals surface area (Å²) < 4.78 is 0. The SMILES string of the molecule is Nc1cc(C(=O)O)c(O)nc1O. The number of rotatable bonds is 1. The number of carboxylic acids is 1.